The van der Waals surface area contributed by atoms with Gasteiger partial charge in [-0.1, -0.05) is 6.07 Å². The highest BCUT2D eigenvalue weighted by atomic mass is 15.3. The van der Waals surface area contributed by atoms with Crippen molar-refractivity contribution in [2.24, 2.45) is 0 Å². The van der Waals surface area contributed by atoms with Gasteiger partial charge in [0.25, 0.3) is 0 Å². The van der Waals surface area contributed by atoms with Gasteiger partial charge in [0.1, 0.15) is 0 Å². The Hall–Kier alpha value is -1.26. The average Bonchev–Trinajstić information content (AvgIpc) is 2.44. The van der Waals surface area contributed by atoms with Crippen molar-refractivity contribution < 1.29 is 0 Å². The highest BCUT2D eigenvalue weighted by molar-refractivity contribution is 5.56. The first kappa shape index (κ1) is 14.2. The lowest BCUT2D eigenvalue weighted by atomic mass is 10.2. The average molecular weight is 262 g/mol. The first-order valence-electron chi connectivity index (χ1n) is 7.27. The van der Waals surface area contributed by atoms with E-state index in [0.29, 0.717) is 0 Å². The number of nitrogens with two attached hydrogens (primary N) is 1. The largest absolute Gasteiger partial charge is 0.399 e. The first-order valence-corrected chi connectivity index (χ1v) is 7.27. The summed E-state index contributed by atoms with van der Waals surface area (Å²) >= 11 is 0. The van der Waals surface area contributed by atoms with Gasteiger partial charge in [-0.15, -0.1) is 0 Å². The van der Waals surface area contributed by atoms with Crippen LogP contribution >= 0.6 is 0 Å². The van der Waals surface area contributed by atoms with Crippen molar-refractivity contribution in [3.8, 4) is 0 Å². The number of hydrogen-bond donors (Lipinski definition) is 2. The predicted octanol–water partition coefficient (Wildman–Crippen LogP) is 1.39. The number of unbranched alkanes of at least 4 members (excludes halogenated alkanes) is 1. The molecular weight excluding hydrogens is 236 g/mol. The zero-order valence-corrected chi connectivity index (χ0v) is 11.9. The summed E-state index contributed by atoms with van der Waals surface area (Å²) in [6, 6.07) is 8.21. The van der Waals surface area contributed by atoms with Crippen LogP contribution in [0.15, 0.2) is 24.3 Å². The molecule has 3 N–H and O–H groups in total. The fraction of sp³-hybridized carbons (Fsp3) is 0.600. The molecule has 0 spiro atoms. The van der Waals surface area contributed by atoms with Crippen molar-refractivity contribution in [3.63, 3.8) is 0 Å². The van der Waals surface area contributed by atoms with E-state index < -0.39 is 0 Å². The van der Waals surface area contributed by atoms with Gasteiger partial charge >= 0.3 is 0 Å². The second kappa shape index (κ2) is 7.36. The molecule has 1 aliphatic heterocycles. The smallest absolute Gasteiger partial charge is 0.0387 e. The van der Waals surface area contributed by atoms with Gasteiger partial charge in [-0.25, -0.2) is 0 Å². The van der Waals surface area contributed by atoms with Crippen LogP contribution in [0.25, 0.3) is 0 Å². The summed E-state index contributed by atoms with van der Waals surface area (Å²) in [5.74, 6) is 0. The summed E-state index contributed by atoms with van der Waals surface area (Å²) in [5, 5.41) is 3.20. The molecule has 0 bridgehead atoms. The molecule has 1 fully saturated rings. The van der Waals surface area contributed by atoms with Gasteiger partial charge in [-0.3, -0.25) is 4.90 Å². The van der Waals surface area contributed by atoms with Gasteiger partial charge in [0.05, 0.1) is 0 Å². The van der Waals surface area contributed by atoms with Gasteiger partial charge in [0.2, 0.25) is 0 Å². The maximum absolute atomic E-state index is 5.84. The van der Waals surface area contributed by atoms with Crippen LogP contribution in [-0.4, -0.2) is 51.2 Å². The van der Waals surface area contributed by atoms with E-state index in [1.165, 1.54) is 25.1 Å². The van der Waals surface area contributed by atoms with Crippen LogP contribution in [0, 0.1) is 0 Å². The van der Waals surface area contributed by atoms with Gasteiger partial charge in [0, 0.05) is 37.6 Å². The number of hydrogen-bond acceptors (Lipinski definition) is 4. The molecule has 0 radical (unpaired) electrons. The third kappa shape index (κ3) is 4.40. The molecule has 4 nitrogen and oxygen atoms in total. The van der Waals surface area contributed by atoms with Crippen molar-refractivity contribution in [2.75, 3.05) is 56.9 Å². The molecular formula is C15H26N4. The van der Waals surface area contributed by atoms with Crippen molar-refractivity contribution in [2.45, 2.75) is 12.8 Å². The lowest BCUT2D eigenvalue weighted by Crippen LogP contribution is -2.46. The van der Waals surface area contributed by atoms with Crippen molar-refractivity contribution in [3.05, 3.63) is 24.3 Å². The van der Waals surface area contributed by atoms with Gasteiger partial charge in [0.15, 0.2) is 0 Å². The van der Waals surface area contributed by atoms with Crippen LogP contribution in [0.3, 0.4) is 0 Å². The Balaban J connectivity index is 1.73. The van der Waals surface area contributed by atoms with Crippen LogP contribution in [0.5, 0.6) is 0 Å². The molecule has 0 aliphatic carbocycles. The Bertz CT molecular complexity index is 372. The molecule has 1 heterocycles. The number of piperazine rings is 1. The van der Waals surface area contributed by atoms with Crippen LogP contribution in [0.2, 0.25) is 0 Å². The summed E-state index contributed by atoms with van der Waals surface area (Å²) in [4.78, 5) is 5.00. The zero-order valence-electron chi connectivity index (χ0n) is 11.9. The number of rotatable bonds is 6. The lowest BCUT2D eigenvalue weighted by Gasteiger charge is -2.36. The van der Waals surface area contributed by atoms with E-state index >= 15 is 0 Å². The van der Waals surface area contributed by atoms with Crippen LogP contribution in [0.4, 0.5) is 11.4 Å². The highest BCUT2D eigenvalue weighted by Crippen LogP contribution is 2.19. The number of anilines is 2. The molecule has 2 rings (SSSR count). The lowest BCUT2D eigenvalue weighted by molar-refractivity contribution is 0.253. The topological polar surface area (TPSA) is 44.5 Å². The summed E-state index contributed by atoms with van der Waals surface area (Å²) < 4.78 is 0. The number of nitrogens with zero attached hydrogens (tertiary/aromatic N) is 2. The summed E-state index contributed by atoms with van der Waals surface area (Å²) in [5.41, 5.74) is 7.96. The third-order valence-electron chi connectivity index (χ3n) is 3.76. The van der Waals surface area contributed by atoms with Gasteiger partial charge in [-0.05, 0) is 51.2 Å². The van der Waals surface area contributed by atoms with Crippen LogP contribution in [0.1, 0.15) is 12.8 Å². The second-order valence-corrected chi connectivity index (χ2v) is 5.23. The van der Waals surface area contributed by atoms with E-state index in [-0.39, 0.29) is 0 Å². The summed E-state index contributed by atoms with van der Waals surface area (Å²) in [7, 11) is 2.02. The Morgan fingerprint density at radius 2 is 1.95 bits per heavy atom. The minimum absolute atomic E-state index is 0.854. The SMILES string of the molecule is CNCCCCN1CCN(c2cccc(N)c2)CC1. The van der Waals surface area contributed by atoms with E-state index in [1.807, 2.05) is 19.2 Å². The molecule has 1 aromatic carbocycles. The standard InChI is InChI=1S/C15H26N4/c1-17-7-2-3-8-18-9-11-19(12-10-18)15-6-4-5-14(16)13-15/h4-6,13,17H,2-3,7-12,16H2,1H3. The fourth-order valence-electron chi connectivity index (χ4n) is 2.59. The minimum atomic E-state index is 0.854. The van der Waals surface area contributed by atoms with Crippen molar-refractivity contribution in [1.29, 1.82) is 0 Å². The van der Waals surface area contributed by atoms with Crippen LogP contribution < -0.4 is 16.0 Å². The number of benzene rings is 1. The van der Waals surface area contributed by atoms with E-state index in [2.05, 4.69) is 27.2 Å². The molecule has 1 aliphatic rings. The molecule has 0 amide bonds. The van der Waals surface area contributed by atoms with E-state index in [1.54, 1.807) is 0 Å². The van der Waals surface area contributed by atoms with Crippen molar-refractivity contribution in [1.82, 2.24) is 10.2 Å². The Morgan fingerprint density at radius 3 is 2.63 bits per heavy atom. The third-order valence-corrected chi connectivity index (χ3v) is 3.76. The summed E-state index contributed by atoms with van der Waals surface area (Å²) in [6.07, 6.45) is 2.56. The van der Waals surface area contributed by atoms with Gasteiger partial charge < -0.3 is 16.0 Å². The molecule has 0 unspecified atom stereocenters. The van der Waals surface area contributed by atoms with E-state index in [0.717, 1.165) is 38.4 Å². The van der Waals surface area contributed by atoms with Gasteiger partial charge in [-0.2, -0.15) is 0 Å². The van der Waals surface area contributed by atoms with Crippen LogP contribution in [-0.2, 0) is 0 Å². The normalized spacial score (nSPS) is 16.8. The molecule has 1 aromatic rings. The molecule has 106 valence electrons. The van der Waals surface area contributed by atoms with Crippen molar-refractivity contribution >= 4 is 11.4 Å². The zero-order chi connectivity index (χ0) is 13.5. The molecule has 19 heavy (non-hydrogen) atoms. The molecule has 0 atom stereocenters. The summed E-state index contributed by atoms with van der Waals surface area (Å²) in [6.45, 7) is 6.89. The predicted molar refractivity (Wildman–Crippen MR) is 82.7 cm³/mol. The quantitative estimate of drug-likeness (QED) is 0.601. The Labute approximate surface area is 116 Å². The maximum atomic E-state index is 5.84. The van der Waals surface area contributed by atoms with E-state index in [4.69, 9.17) is 5.73 Å². The number of nitrogens with one attached hydrogen (secondary N) is 1. The highest BCUT2D eigenvalue weighted by Gasteiger charge is 2.16. The first-order chi connectivity index (χ1) is 9.29. The number of nitrogen functional groups attached to an aromatic ring is 1. The molecule has 1 saturated heterocycles. The minimum Gasteiger partial charge on any atom is -0.399 e. The fourth-order valence-corrected chi connectivity index (χ4v) is 2.59. The second-order valence-electron chi connectivity index (χ2n) is 5.23. The Morgan fingerprint density at radius 1 is 1.16 bits per heavy atom. The monoisotopic (exact) mass is 262 g/mol. The van der Waals surface area contributed by atoms with E-state index in [9.17, 15) is 0 Å². The molecule has 4 heteroatoms. The maximum Gasteiger partial charge on any atom is 0.0387 e. The Kier molecular flexibility index (Phi) is 5.48. The molecule has 0 aromatic heterocycles. The molecule has 0 saturated carbocycles.